The lowest BCUT2D eigenvalue weighted by atomic mass is 10.1. The normalized spacial score (nSPS) is 15.7. The Morgan fingerprint density at radius 2 is 1.93 bits per heavy atom. The molecule has 1 aromatic carbocycles. The summed E-state index contributed by atoms with van der Waals surface area (Å²) in [6.45, 7) is 0. The summed E-state index contributed by atoms with van der Waals surface area (Å²) in [5.74, 6) is 0.754. The van der Waals surface area contributed by atoms with E-state index in [1.165, 1.54) is 24.0 Å². The van der Waals surface area contributed by atoms with Crippen LogP contribution >= 0.6 is 0 Å². The van der Waals surface area contributed by atoms with Gasteiger partial charge in [-0.2, -0.15) is 5.10 Å². The van der Waals surface area contributed by atoms with Crippen molar-refractivity contribution in [1.29, 1.82) is 0 Å². The van der Waals surface area contributed by atoms with Crippen LogP contribution in [0.25, 0.3) is 11.3 Å². The molecule has 0 amide bonds. The maximum Gasteiger partial charge on any atom is 0.0955 e. The average molecular weight is 184 g/mol. The largest absolute Gasteiger partial charge is 0.285 e. The van der Waals surface area contributed by atoms with Gasteiger partial charge >= 0.3 is 0 Å². The number of rotatable bonds is 2. The molecule has 0 saturated heterocycles. The number of hydrogen-bond donors (Lipinski definition) is 1. The van der Waals surface area contributed by atoms with E-state index in [9.17, 15) is 0 Å². The highest BCUT2D eigenvalue weighted by atomic mass is 15.1. The molecule has 2 nitrogen and oxygen atoms in total. The van der Waals surface area contributed by atoms with E-state index in [1.807, 2.05) is 12.3 Å². The van der Waals surface area contributed by atoms with Gasteiger partial charge in [0.2, 0.25) is 0 Å². The second-order valence-corrected chi connectivity index (χ2v) is 3.83. The number of aromatic amines is 1. The van der Waals surface area contributed by atoms with E-state index in [0.717, 1.165) is 11.6 Å². The second kappa shape index (κ2) is 2.98. The quantitative estimate of drug-likeness (QED) is 0.763. The fourth-order valence-electron chi connectivity index (χ4n) is 1.83. The van der Waals surface area contributed by atoms with Crippen LogP contribution in [-0.2, 0) is 0 Å². The van der Waals surface area contributed by atoms with Crippen molar-refractivity contribution in [2.45, 2.75) is 18.8 Å². The molecule has 0 unspecified atom stereocenters. The summed E-state index contributed by atoms with van der Waals surface area (Å²) < 4.78 is 0. The molecule has 0 spiro atoms. The van der Waals surface area contributed by atoms with Crippen LogP contribution in [0, 0.1) is 0 Å². The third kappa shape index (κ3) is 1.23. The molecule has 1 aromatic heterocycles. The van der Waals surface area contributed by atoms with Crippen LogP contribution in [0.3, 0.4) is 0 Å². The first-order chi connectivity index (χ1) is 6.95. The van der Waals surface area contributed by atoms with Crippen molar-refractivity contribution in [3.8, 4) is 11.3 Å². The van der Waals surface area contributed by atoms with Crippen LogP contribution in [0.1, 0.15) is 24.3 Å². The van der Waals surface area contributed by atoms with Gasteiger partial charge in [-0.1, -0.05) is 30.3 Å². The molecule has 0 bridgehead atoms. The molecule has 1 heterocycles. The van der Waals surface area contributed by atoms with Crippen LogP contribution in [0.2, 0.25) is 0 Å². The Morgan fingerprint density at radius 1 is 1.14 bits per heavy atom. The lowest BCUT2D eigenvalue weighted by Crippen LogP contribution is -1.83. The van der Waals surface area contributed by atoms with Gasteiger partial charge in [0.15, 0.2) is 0 Å². The number of nitrogens with one attached hydrogen (secondary N) is 1. The first-order valence-electron chi connectivity index (χ1n) is 5.04. The predicted octanol–water partition coefficient (Wildman–Crippen LogP) is 2.95. The minimum Gasteiger partial charge on any atom is -0.285 e. The number of H-pyrrole nitrogens is 1. The van der Waals surface area contributed by atoms with Crippen LogP contribution in [-0.4, -0.2) is 10.2 Å². The highest BCUT2D eigenvalue weighted by molar-refractivity contribution is 5.63. The Bertz CT molecular complexity index is 427. The third-order valence-electron chi connectivity index (χ3n) is 2.73. The molecule has 14 heavy (non-hydrogen) atoms. The van der Waals surface area contributed by atoms with Crippen LogP contribution in [0.15, 0.2) is 36.5 Å². The minimum atomic E-state index is 0.754. The molecule has 2 aromatic rings. The lowest BCUT2D eigenvalue weighted by Gasteiger charge is -1.99. The first kappa shape index (κ1) is 7.80. The molecule has 70 valence electrons. The summed E-state index contributed by atoms with van der Waals surface area (Å²) >= 11 is 0. The Balaban J connectivity index is 2.07. The van der Waals surface area contributed by atoms with Gasteiger partial charge in [-0.25, -0.2) is 0 Å². The summed E-state index contributed by atoms with van der Waals surface area (Å²) in [6, 6.07) is 10.4. The van der Waals surface area contributed by atoms with Crippen molar-refractivity contribution in [3.05, 3.63) is 42.1 Å². The van der Waals surface area contributed by atoms with E-state index < -0.39 is 0 Å². The van der Waals surface area contributed by atoms with Gasteiger partial charge < -0.3 is 0 Å². The van der Waals surface area contributed by atoms with Gasteiger partial charge in [-0.05, 0) is 18.8 Å². The van der Waals surface area contributed by atoms with E-state index in [-0.39, 0.29) is 0 Å². The summed E-state index contributed by atoms with van der Waals surface area (Å²) in [5, 5.41) is 7.29. The van der Waals surface area contributed by atoms with Crippen LogP contribution in [0.5, 0.6) is 0 Å². The molecule has 3 rings (SSSR count). The van der Waals surface area contributed by atoms with Crippen LogP contribution < -0.4 is 0 Å². The topological polar surface area (TPSA) is 28.7 Å². The average Bonchev–Trinajstić information content (AvgIpc) is 2.98. The van der Waals surface area contributed by atoms with Gasteiger partial charge in [0.1, 0.15) is 0 Å². The number of nitrogens with zero attached hydrogens (tertiary/aromatic N) is 1. The molecule has 1 saturated carbocycles. The third-order valence-corrected chi connectivity index (χ3v) is 2.73. The number of aromatic nitrogens is 2. The first-order valence-corrected chi connectivity index (χ1v) is 5.04. The predicted molar refractivity (Wildman–Crippen MR) is 56.0 cm³/mol. The van der Waals surface area contributed by atoms with Gasteiger partial charge in [0.25, 0.3) is 0 Å². The molecule has 2 heteroatoms. The van der Waals surface area contributed by atoms with E-state index >= 15 is 0 Å². The van der Waals surface area contributed by atoms with Crippen LogP contribution in [0.4, 0.5) is 0 Å². The zero-order valence-electron chi connectivity index (χ0n) is 7.90. The van der Waals surface area contributed by atoms with Crippen molar-refractivity contribution in [1.82, 2.24) is 10.2 Å². The van der Waals surface area contributed by atoms with Crippen molar-refractivity contribution in [2.24, 2.45) is 0 Å². The molecule has 0 atom stereocenters. The fraction of sp³-hybridized carbons (Fsp3) is 0.250. The molecular formula is C12H12N2. The van der Waals surface area contributed by atoms with Crippen molar-refractivity contribution < 1.29 is 0 Å². The van der Waals surface area contributed by atoms with Crippen molar-refractivity contribution in [3.63, 3.8) is 0 Å². The molecule has 1 fully saturated rings. The second-order valence-electron chi connectivity index (χ2n) is 3.83. The number of benzene rings is 1. The lowest BCUT2D eigenvalue weighted by molar-refractivity contribution is 1.09. The van der Waals surface area contributed by atoms with Gasteiger partial charge in [0, 0.05) is 17.3 Å². The zero-order chi connectivity index (χ0) is 9.38. The SMILES string of the molecule is c1ccc(-c2n[nH]cc2C2CC2)cc1. The summed E-state index contributed by atoms with van der Waals surface area (Å²) in [6.07, 6.45) is 4.68. The van der Waals surface area contributed by atoms with Gasteiger partial charge in [-0.3, -0.25) is 5.10 Å². The van der Waals surface area contributed by atoms with E-state index in [0.29, 0.717) is 0 Å². The Morgan fingerprint density at radius 3 is 2.64 bits per heavy atom. The van der Waals surface area contributed by atoms with E-state index in [1.54, 1.807) is 0 Å². The standard InChI is InChI=1S/C12H12N2/c1-2-4-10(5-3-1)12-11(8-13-14-12)9-6-7-9/h1-5,8-9H,6-7H2,(H,13,14). The maximum atomic E-state index is 4.32. The molecule has 1 aliphatic rings. The van der Waals surface area contributed by atoms with Gasteiger partial charge in [-0.15, -0.1) is 0 Å². The van der Waals surface area contributed by atoms with E-state index in [2.05, 4.69) is 34.5 Å². The summed E-state index contributed by atoms with van der Waals surface area (Å²) in [4.78, 5) is 0. The summed E-state index contributed by atoms with van der Waals surface area (Å²) in [5.41, 5.74) is 3.74. The van der Waals surface area contributed by atoms with E-state index in [4.69, 9.17) is 0 Å². The maximum absolute atomic E-state index is 4.32. The molecular weight excluding hydrogens is 172 g/mol. The molecule has 1 N–H and O–H groups in total. The fourth-order valence-corrected chi connectivity index (χ4v) is 1.83. The smallest absolute Gasteiger partial charge is 0.0955 e. The highest BCUT2D eigenvalue weighted by Gasteiger charge is 2.27. The zero-order valence-corrected chi connectivity index (χ0v) is 7.90. The van der Waals surface area contributed by atoms with Crippen molar-refractivity contribution in [2.75, 3.05) is 0 Å². The monoisotopic (exact) mass is 184 g/mol. The van der Waals surface area contributed by atoms with Crippen molar-refractivity contribution >= 4 is 0 Å². The number of hydrogen-bond acceptors (Lipinski definition) is 1. The molecule has 0 aliphatic heterocycles. The Kier molecular flexibility index (Phi) is 1.66. The molecule has 0 radical (unpaired) electrons. The Hall–Kier alpha value is -1.57. The van der Waals surface area contributed by atoms with Gasteiger partial charge in [0.05, 0.1) is 5.69 Å². The summed E-state index contributed by atoms with van der Waals surface area (Å²) in [7, 11) is 0. The molecule has 1 aliphatic carbocycles. The Labute approximate surface area is 83.0 Å². The highest BCUT2D eigenvalue weighted by Crippen LogP contribution is 2.43. The minimum absolute atomic E-state index is 0.754.